The first-order chi connectivity index (χ1) is 9.19. The van der Waals surface area contributed by atoms with Gasteiger partial charge in [-0.1, -0.05) is 12.5 Å². The van der Waals surface area contributed by atoms with E-state index in [9.17, 15) is 4.79 Å². The van der Waals surface area contributed by atoms with E-state index in [-0.39, 0.29) is 5.97 Å². The topological polar surface area (TPSA) is 62.1 Å². The van der Waals surface area contributed by atoms with E-state index in [4.69, 9.17) is 5.26 Å². The number of carbonyl (C=O) groups excluding carboxylic acids is 1. The van der Waals surface area contributed by atoms with Gasteiger partial charge >= 0.3 is 5.97 Å². The van der Waals surface area contributed by atoms with Crippen molar-refractivity contribution in [3.05, 3.63) is 28.2 Å². The van der Waals surface area contributed by atoms with Crippen LogP contribution in [0.15, 0.2) is 22.7 Å². The number of unbranched alkanes of at least 4 members (excludes halogenated alkanes) is 2. The third-order valence-electron chi connectivity index (χ3n) is 2.73. The van der Waals surface area contributed by atoms with Gasteiger partial charge in [-0.3, -0.25) is 4.79 Å². The van der Waals surface area contributed by atoms with Crippen LogP contribution in [-0.2, 0) is 9.53 Å². The van der Waals surface area contributed by atoms with E-state index in [2.05, 4.69) is 32.1 Å². The number of hydrogen-bond acceptors (Lipinski definition) is 4. The van der Waals surface area contributed by atoms with E-state index in [1.807, 2.05) is 18.2 Å². The molecular formula is C14H17BrN2O2. The fourth-order valence-electron chi connectivity index (χ4n) is 1.68. The number of methoxy groups -OCH3 is 1. The molecule has 0 aliphatic heterocycles. The predicted octanol–water partition coefficient (Wildman–Crippen LogP) is 3.47. The van der Waals surface area contributed by atoms with Crippen LogP contribution in [0.2, 0.25) is 0 Å². The Hall–Kier alpha value is -1.54. The fraction of sp³-hybridized carbons (Fsp3) is 0.429. The molecule has 0 spiro atoms. The summed E-state index contributed by atoms with van der Waals surface area (Å²) >= 11 is 3.35. The predicted molar refractivity (Wildman–Crippen MR) is 77.8 cm³/mol. The lowest BCUT2D eigenvalue weighted by Gasteiger charge is -2.08. The van der Waals surface area contributed by atoms with Gasteiger partial charge in [0.25, 0.3) is 0 Å². The minimum Gasteiger partial charge on any atom is -0.469 e. The first kappa shape index (κ1) is 15.5. The molecule has 1 aromatic carbocycles. The van der Waals surface area contributed by atoms with Crippen molar-refractivity contribution in [1.29, 1.82) is 5.26 Å². The summed E-state index contributed by atoms with van der Waals surface area (Å²) in [7, 11) is 1.40. The van der Waals surface area contributed by atoms with Crippen molar-refractivity contribution < 1.29 is 9.53 Å². The zero-order valence-corrected chi connectivity index (χ0v) is 12.5. The smallest absolute Gasteiger partial charge is 0.305 e. The highest BCUT2D eigenvalue weighted by molar-refractivity contribution is 9.10. The van der Waals surface area contributed by atoms with Crippen LogP contribution in [0.25, 0.3) is 0 Å². The Balaban J connectivity index is 2.29. The summed E-state index contributed by atoms with van der Waals surface area (Å²) in [5.41, 5.74) is 1.46. The third-order valence-corrected chi connectivity index (χ3v) is 3.39. The van der Waals surface area contributed by atoms with Gasteiger partial charge in [-0.05, 0) is 40.9 Å². The lowest BCUT2D eigenvalue weighted by atomic mass is 10.1. The average molecular weight is 325 g/mol. The largest absolute Gasteiger partial charge is 0.469 e. The van der Waals surface area contributed by atoms with E-state index in [1.165, 1.54) is 7.11 Å². The summed E-state index contributed by atoms with van der Waals surface area (Å²) in [4.78, 5) is 10.9. The number of halogens is 1. The van der Waals surface area contributed by atoms with Crippen LogP contribution in [0.4, 0.5) is 5.69 Å². The highest BCUT2D eigenvalue weighted by Crippen LogP contribution is 2.23. The molecule has 0 saturated heterocycles. The molecule has 102 valence electrons. The zero-order chi connectivity index (χ0) is 14.1. The Morgan fingerprint density at radius 1 is 1.42 bits per heavy atom. The second kappa shape index (κ2) is 8.54. The van der Waals surface area contributed by atoms with Crippen molar-refractivity contribution >= 4 is 27.6 Å². The quantitative estimate of drug-likeness (QED) is 0.616. The molecule has 1 rings (SSSR count). The number of nitrogens with zero attached hydrogens (tertiary/aromatic N) is 1. The van der Waals surface area contributed by atoms with Crippen molar-refractivity contribution in [3.63, 3.8) is 0 Å². The molecule has 0 unspecified atom stereocenters. The van der Waals surface area contributed by atoms with Crippen LogP contribution < -0.4 is 5.32 Å². The SMILES string of the molecule is COC(=O)CCCCCNc1cccc(Br)c1C#N. The summed E-state index contributed by atoms with van der Waals surface area (Å²) in [6.07, 6.45) is 3.21. The number of esters is 1. The van der Waals surface area contributed by atoms with Crippen LogP contribution in [0, 0.1) is 11.3 Å². The van der Waals surface area contributed by atoms with Crippen molar-refractivity contribution in [1.82, 2.24) is 0 Å². The number of benzene rings is 1. The van der Waals surface area contributed by atoms with Crippen molar-refractivity contribution in [2.24, 2.45) is 0 Å². The van der Waals surface area contributed by atoms with Gasteiger partial charge < -0.3 is 10.1 Å². The Morgan fingerprint density at radius 3 is 2.89 bits per heavy atom. The molecule has 0 saturated carbocycles. The molecule has 0 aromatic heterocycles. The number of anilines is 1. The molecule has 5 heteroatoms. The molecule has 0 bridgehead atoms. The molecular weight excluding hydrogens is 308 g/mol. The van der Waals surface area contributed by atoms with Crippen molar-refractivity contribution in [2.45, 2.75) is 25.7 Å². The molecule has 0 fully saturated rings. The molecule has 0 amide bonds. The Morgan fingerprint density at radius 2 is 2.21 bits per heavy atom. The van der Waals surface area contributed by atoms with Crippen molar-refractivity contribution in [2.75, 3.05) is 19.0 Å². The zero-order valence-electron chi connectivity index (χ0n) is 10.9. The first-order valence-electron chi connectivity index (χ1n) is 6.18. The third kappa shape index (κ3) is 5.31. The number of rotatable bonds is 7. The Bertz CT molecular complexity index is 469. The van der Waals surface area contributed by atoms with Gasteiger partial charge in [-0.25, -0.2) is 0 Å². The number of nitriles is 1. The van der Waals surface area contributed by atoms with E-state index < -0.39 is 0 Å². The molecule has 0 aliphatic rings. The summed E-state index contributed by atoms with van der Waals surface area (Å²) in [6.45, 7) is 0.784. The fourth-order valence-corrected chi connectivity index (χ4v) is 2.14. The maximum atomic E-state index is 10.9. The molecule has 1 N–H and O–H groups in total. The lowest BCUT2D eigenvalue weighted by Crippen LogP contribution is -2.04. The summed E-state index contributed by atoms with van der Waals surface area (Å²) in [5.74, 6) is -0.160. The molecule has 0 aliphatic carbocycles. The lowest BCUT2D eigenvalue weighted by molar-refractivity contribution is -0.140. The second-order valence-corrected chi connectivity index (χ2v) is 4.94. The molecule has 0 atom stereocenters. The maximum absolute atomic E-state index is 10.9. The molecule has 1 aromatic rings. The van der Waals surface area contributed by atoms with Crippen LogP contribution in [0.1, 0.15) is 31.2 Å². The van der Waals surface area contributed by atoms with Gasteiger partial charge in [0.2, 0.25) is 0 Å². The van der Waals surface area contributed by atoms with Crippen LogP contribution in [0.5, 0.6) is 0 Å². The van der Waals surface area contributed by atoms with Crippen LogP contribution >= 0.6 is 15.9 Å². The molecule has 4 nitrogen and oxygen atoms in total. The highest BCUT2D eigenvalue weighted by Gasteiger charge is 2.05. The molecule has 0 heterocycles. The van der Waals surface area contributed by atoms with Gasteiger partial charge in [0.05, 0.1) is 18.4 Å². The van der Waals surface area contributed by atoms with Gasteiger partial charge in [0.1, 0.15) is 6.07 Å². The summed E-state index contributed by atoms with van der Waals surface area (Å²) in [5, 5.41) is 12.3. The number of hydrogen-bond donors (Lipinski definition) is 1. The summed E-state index contributed by atoms with van der Waals surface area (Å²) < 4.78 is 5.37. The minimum atomic E-state index is -0.160. The maximum Gasteiger partial charge on any atom is 0.305 e. The van der Waals surface area contributed by atoms with E-state index in [0.29, 0.717) is 12.0 Å². The van der Waals surface area contributed by atoms with Gasteiger partial charge in [-0.15, -0.1) is 0 Å². The standard InChI is InChI=1S/C14H17BrN2O2/c1-19-14(18)8-3-2-4-9-17-13-7-5-6-12(15)11(13)10-16/h5-7,17H,2-4,8-9H2,1H3. The second-order valence-electron chi connectivity index (χ2n) is 4.09. The van der Waals surface area contributed by atoms with E-state index in [0.717, 1.165) is 36.0 Å². The molecule has 0 radical (unpaired) electrons. The number of nitrogens with one attached hydrogen (secondary N) is 1. The normalized spacial score (nSPS) is 9.74. The van der Waals surface area contributed by atoms with Crippen LogP contribution in [0.3, 0.4) is 0 Å². The van der Waals surface area contributed by atoms with Gasteiger partial charge in [-0.2, -0.15) is 5.26 Å². The summed E-state index contributed by atoms with van der Waals surface area (Å²) in [6, 6.07) is 7.80. The van der Waals surface area contributed by atoms with Gasteiger partial charge in [0.15, 0.2) is 0 Å². The first-order valence-corrected chi connectivity index (χ1v) is 6.97. The van der Waals surface area contributed by atoms with E-state index >= 15 is 0 Å². The Labute approximate surface area is 121 Å². The van der Waals surface area contributed by atoms with Crippen LogP contribution in [-0.4, -0.2) is 19.6 Å². The molecule has 19 heavy (non-hydrogen) atoms. The number of carbonyl (C=O) groups is 1. The average Bonchev–Trinajstić information content (AvgIpc) is 2.42. The highest BCUT2D eigenvalue weighted by atomic mass is 79.9. The van der Waals surface area contributed by atoms with Crippen molar-refractivity contribution in [3.8, 4) is 6.07 Å². The minimum absolute atomic E-state index is 0.160. The Kier molecular flexibility index (Phi) is 6.98. The van der Waals surface area contributed by atoms with Gasteiger partial charge in [0, 0.05) is 17.4 Å². The monoisotopic (exact) mass is 324 g/mol. The van der Waals surface area contributed by atoms with E-state index in [1.54, 1.807) is 0 Å². The number of ether oxygens (including phenoxy) is 1.